The van der Waals surface area contributed by atoms with E-state index in [1.807, 2.05) is 6.08 Å². The number of ether oxygens (including phenoxy) is 4. The van der Waals surface area contributed by atoms with Crippen molar-refractivity contribution < 1.29 is 64.6 Å². The zero-order valence-corrected chi connectivity index (χ0v) is 58.7. The molecule has 0 aromatic heterocycles. The lowest BCUT2D eigenvalue weighted by Gasteiger charge is -2.46. The maximum atomic E-state index is 13.4. The number of rotatable bonds is 62. The van der Waals surface area contributed by atoms with Gasteiger partial charge in [-0.2, -0.15) is 0 Å². The molecule has 538 valence electrons. The molecule has 2 aliphatic rings. The topological polar surface area (TPSA) is 228 Å². The molecule has 0 aromatic carbocycles. The van der Waals surface area contributed by atoms with Crippen LogP contribution in [0.15, 0.2) is 97.2 Å². The third-order valence-corrected chi connectivity index (χ3v) is 18.0. The number of carbonyl (C=O) groups excluding carboxylic acids is 1. The van der Waals surface area contributed by atoms with Crippen LogP contribution in [-0.4, -0.2) is 140 Å². The first-order chi connectivity index (χ1) is 45.6. The Morgan fingerprint density at radius 1 is 0.398 bits per heavy atom. The number of nitrogens with one attached hydrogen (secondary N) is 1. The third kappa shape index (κ3) is 45.9. The van der Waals surface area contributed by atoms with Crippen LogP contribution in [-0.2, 0) is 23.7 Å². The molecule has 2 aliphatic heterocycles. The van der Waals surface area contributed by atoms with Gasteiger partial charge in [0.25, 0.3) is 0 Å². The monoisotopic (exact) mass is 1310 g/mol. The van der Waals surface area contributed by atoms with E-state index in [2.05, 4.69) is 104 Å². The first-order valence-electron chi connectivity index (χ1n) is 38.0. The van der Waals surface area contributed by atoms with Gasteiger partial charge in [0.1, 0.15) is 48.8 Å². The lowest BCUT2D eigenvalue weighted by molar-refractivity contribution is -0.359. The van der Waals surface area contributed by atoms with E-state index < -0.39 is 86.8 Å². The Balaban J connectivity index is 1.62. The fourth-order valence-electron chi connectivity index (χ4n) is 12.0. The minimum atomic E-state index is -1.79. The molecule has 2 fully saturated rings. The average Bonchev–Trinajstić information content (AvgIpc) is 0.852. The predicted molar refractivity (Wildman–Crippen MR) is 383 cm³/mol. The molecule has 0 saturated carbocycles. The summed E-state index contributed by atoms with van der Waals surface area (Å²) >= 11 is 0. The van der Waals surface area contributed by atoms with E-state index in [1.165, 1.54) is 193 Å². The summed E-state index contributed by atoms with van der Waals surface area (Å²) in [5, 5.41) is 87.6. The second kappa shape index (κ2) is 62.4. The fraction of sp³-hybridized carbons (Fsp3) is 0.785. The molecule has 2 heterocycles. The van der Waals surface area contributed by atoms with E-state index in [-0.39, 0.29) is 18.9 Å². The molecule has 0 aromatic rings. The molecule has 0 bridgehead atoms. The largest absolute Gasteiger partial charge is 0.394 e. The van der Waals surface area contributed by atoms with Crippen molar-refractivity contribution in [1.82, 2.24) is 5.32 Å². The Morgan fingerprint density at radius 2 is 0.742 bits per heavy atom. The molecule has 93 heavy (non-hydrogen) atoms. The Kier molecular flexibility index (Phi) is 57.7. The minimum absolute atomic E-state index is 0.239. The summed E-state index contributed by atoms with van der Waals surface area (Å²) in [6.45, 7) is 2.72. The smallest absolute Gasteiger partial charge is 0.220 e. The van der Waals surface area contributed by atoms with E-state index in [1.54, 1.807) is 6.08 Å². The van der Waals surface area contributed by atoms with Gasteiger partial charge in [-0.25, -0.2) is 0 Å². The number of unbranched alkanes of at least 4 members (excludes halogenated alkanes) is 35. The number of amides is 1. The highest BCUT2D eigenvalue weighted by molar-refractivity contribution is 5.76. The van der Waals surface area contributed by atoms with Crippen molar-refractivity contribution in [2.24, 2.45) is 0 Å². The van der Waals surface area contributed by atoms with Gasteiger partial charge in [0.05, 0.1) is 32.0 Å². The van der Waals surface area contributed by atoms with Crippen molar-refractivity contribution in [3.63, 3.8) is 0 Å². The number of hydrogen-bond acceptors (Lipinski definition) is 13. The summed E-state index contributed by atoms with van der Waals surface area (Å²) in [6, 6.07) is -0.920. The average molecular weight is 1310 g/mol. The zero-order valence-electron chi connectivity index (χ0n) is 58.7. The van der Waals surface area contributed by atoms with Crippen molar-refractivity contribution in [3.8, 4) is 0 Å². The first kappa shape index (κ1) is 86.0. The summed E-state index contributed by atoms with van der Waals surface area (Å²) in [7, 11) is 0. The summed E-state index contributed by atoms with van der Waals surface area (Å²) in [4.78, 5) is 13.4. The molecule has 12 atom stereocenters. The van der Waals surface area contributed by atoms with Crippen molar-refractivity contribution in [3.05, 3.63) is 97.2 Å². The van der Waals surface area contributed by atoms with Crippen molar-refractivity contribution in [1.29, 1.82) is 0 Å². The van der Waals surface area contributed by atoms with E-state index in [0.717, 1.165) is 83.5 Å². The molecule has 9 N–H and O–H groups in total. The van der Waals surface area contributed by atoms with Gasteiger partial charge >= 0.3 is 0 Å². The van der Waals surface area contributed by atoms with Gasteiger partial charge in [-0.3, -0.25) is 4.79 Å². The molecular formula is C79H139NO13. The molecule has 0 aliphatic carbocycles. The summed E-state index contributed by atoms with van der Waals surface area (Å²) < 4.78 is 22.9. The molecule has 14 heteroatoms. The van der Waals surface area contributed by atoms with Crippen molar-refractivity contribution >= 4 is 5.91 Å². The number of allylic oxidation sites excluding steroid dienone is 15. The van der Waals surface area contributed by atoms with Crippen LogP contribution in [0.4, 0.5) is 0 Å². The summed E-state index contributed by atoms with van der Waals surface area (Å²) in [5.41, 5.74) is 0. The highest BCUT2D eigenvalue weighted by Gasteiger charge is 2.51. The first-order valence-corrected chi connectivity index (χ1v) is 38.0. The predicted octanol–water partition coefficient (Wildman–Crippen LogP) is 16.5. The van der Waals surface area contributed by atoms with Crippen LogP contribution >= 0.6 is 0 Å². The van der Waals surface area contributed by atoms with Gasteiger partial charge in [0.2, 0.25) is 5.91 Å². The van der Waals surface area contributed by atoms with Crippen LogP contribution in [0.5, 0.6) is 0 Å². The highest BCUT2D eigenvalue weighted by atomic mass is 16.7. The number of aliphatic hydroxyl groups is 8. The maximum Gasteiger partial charge on any atom is 0.220 e. The van der Waals surface area contributed by atoms with Gasteiger partial charge in [-0.1, -0.05) is 317 Å². The van der Waals surface area contributed by atoms with Gasteiger partial charge in [-0.15, -0.1) is 0 Å². The number of hydrogen-bond donors (Lipinski definition) is 9. The van der Waals surface area contributed by atoms with Gasteiger partial charge in [-0.05, 0) is 77.0 Å². The van der Waals surface area contributed by atoms with E-state index in [9.17, 15) is 45.6 Å². The Hall–Kier alpha value is -3.09. The molecule has 2 rings (SSSR count). The molecule has 1 amide bonds. The molecule has 2 saturated heterocycles. The minimum Gasteiger partial charge on any atom is -0.394 e. The van der Waals surface area contributed by atoms with Gasteiger partial charge in [0.15, 0.2) is 12.6 Å². The molecule has 0 spiro atoms. The van der Waals surface area contributed by atoms with E-state index in [4.69, 9.17) is 18.9 Å². The van der Waals surface area contributed by atoms with Crippen LogP contribution in [0.2, 0.25) is 0 Å². The maximum absolute atomic E-state index is 13.4. The molecular weight excluding hydrogens is 1170 g/mol. The highest BCUT2D eigenvalue weighted by Crippen LogP contribution is 2.30. The van der Waals surface area contributed by atoms with Crippen molar-refractivity contribution in [2.45, 2.75) is 376 Å². The lowest BCUT2D eigenvalue weighted by Crippen LogP contribution is -2.65. The molecule has 12 unspecified atom stereocenters. The van der Waals surface area contributed by atoms with Crippen molar-refractivity contribution in [2.75, 3.05) is 19.8 Å². The third-order valence-electron chi connectivity index (χ3n) is 18.0. The van der Waals surface area contributed by atoms with Crippen LogP contribution in [0.1, 0.15) is 303 Å². The number of aliphatic hydroxyl groups excluding tert-OH is 8. The van der Waals surface area contributed by atoms with E-state index in [0.29, 0.717) is 6.42 Å². The molecule has 0 radical (unpaired) electrons. The van der Waals surface area contributed by atoms with E-state index >= 15 is 0 Å². The Bertz CT molecular complexity index is 1930. The van der Waals surface area contributed by atoms with Crippen LogP contribution in [0, 0.1) is 0 Å². The zero-order chi connectivity index (χ0) is 67.3. The quantitative estimate of drug-likeness (QED) is 0.0204. The fourth-order valence-corrected chi connectivity index (χ4v) is 12.0. The lowest BCUT2D eigenvalue weighted by atomic mass is 9.97. The number of carbonyl (C=O) groups is 1. The van der Waals surface area contributed by atoms with Gasteiger partial charge < -0.3 is 65.1 Å². The molecule has 14 nitrogen and oxygen atoms in total. The normalized spacial score (nSPS) is 23.1. The summed E-state index contributed by atoms with van der Waals surface area (Å²) in [6.07, 6.45) is 71.8. The SMILES string of the molecule is CC/C=C\C/C=C\C/C=C\C/C=C\C/C=C\C/C=C\C/C=C\CCCCCCCCCCCCCCCCCC(=O)NC(COC1OC(CO)C(OC2OC(CO)C(O)C(O)C2O)C(O)C1O)C(O)/C=C/CCCCCCCCCCCCCCCCCCCCCC. The Morgan fingerprint density at radius 3 is 1.14 bits per heavy atom. The Labute approximate surface area is 566 Å². The van der Waals surface area contributed by atoms with Crippen LogP contribution in [0.25, 0.3) is 0 Å². The van der Waals surface area contributed by atoms with Gasteiger partial charge in [0, 0.05) is 6.42 Å². The standard InChI is InChI=1S/C79H139NO13/c1-3-5-7-9-11-13-15-17-19-21-23-25-27-28-29-30-31-32-33-34-35-36-37-38-39-40-41-43-45-47-49-51-53-55-57-59-61-63-71(84)80-67(66-90-78-76(89)74(87)77(70(65-82)92-78)93-79-75(88)73(86)72(85)69(64-81)91-79)68(83)62-60-58-56-54-52-50-48-46-44-42-26-24-22-20-18-16-14-12-10-8-6-4-2/h5,7,11,13,17,19,23,25,28-29,31-32,34-35,60,62,67-70,72-79,81-83,85-89H,3-4,6,8-10,12,14-16,18,20-22,24,26-27,30,33,36-59,61,63-66H2,1-2H3,(H,80,84)/b7-5-,13-11-,19-17-,25-23-,29-28-,32-31-,35-34-,62-60+. The second-order valence-corrected chi connectivity index (χ2v) is 26.4. The van der Waals surface area contributed by atoms with Crippen LogP contribution < -0.4 is 5.32 Å². The summed E-state index contributed by atoms with van der Waals surface area (Å²) in [5.74, 6) is -0.239. The van der Waals surface area contributed by atoms with Crippen LogP contribution in [0.3, 0.4) is 0 Å². The second-order valence-electron chi connectivity index (χ2n) is 26.4.